The minimum atomic E-state index is -4.41. The summed E-state index contributed by atoms with van der Waals surface area (Å²) < 4.78 is 90.3. The maximum atomic E-state index is 14.6. The Hall–Kier alpha value is -2.76. The van der Waals surface area contributed by atoms with Crippen LogP contribution in [0.4, 0.5) is 17.6 Å². The third-order valence-corrected chi connectivity index (χ3v) is 6.00. The summed E-state index contributed by atoms with van der Waals surface area (Å²) >= 11 is 0. The van der Waals surface area contributed by atoms with E-state index in [4.69, 9.17) is 4.74 Å². The average Bonchev–Trinajstić information content (AvgIpc) is 3.07. The van der Waals surface area contributed by atoms with Crippen molar-refractivity contribution in [2.24, 2.45) is 0 Å². The molecule has 0 unspecified atom stereocenters. The first-order valence-corrected chi connectivity index (χ1v) is 10.3. The molecule has 0 atom stereocenters. The van der Waals surface area contributed by atoms with Crippen LogP contribution in [0, 0.1) is 11.6 Å². The van der Waals surface area contributed by atoms with Gasteiger partial charge in [0.15, 0.2) is 0 Å². The maximum absolute atomic E-state index is 14.6. The van der Waals surface area contributed by atoms with Gasteiger partial charge in [0.2, 0.25) is 0 Å². The van der Waals surface area contributed by atoms with Crippen molar-refractivity contribution in [3.05, 3.63) is 65.9 Å². The average molecular weight is 495 g/mol. The highest BCUT2D eigenvalue weighted by Crippen LogP contribution is 2.39. The molecule has 0 bridgehead atoms. The Morgan fingerprint density at radius 1 is 1.12 bits per heavy atom. The van der Waals surface area contributed by atoms with Gasteiger partial charge in [-0.3, -0.25) is 0 Å². The number of hydrogen-bond acceptors (Lipinski definition) is 5. The SMILES string of the molecule is CNCc1cn(S(=O)(=O)c2cccc(OC(F)F)c2)c(-c2ccc(F)cc2F)c1OC.Cl. The molecular formula is C20H19ClF4N2O4S. The molecule has 3 rings (SSSR count). The van der Waals surface area contributed by atoms with Crippen LogP contribution in [0.5, 0.6) is 11.5 Å². The monoisotopic (exact) mass is 494 g/mol. The molecule has 6 nitrogen and oxygen atoms in total. The summed E-state index contributed by atoms with van der Waals surface area (Å²) in [5.74, 6) is -2.14. The van der Waals surface area contributed by atoms with Crippen molar-refractivity contribution in [2.45, 2.75) is 18.1 Å². The highest BCUT2D eigenvalue weighted by molar-refractivity contribution is 7.90. The highest BCUT2D eigenvalue weighted by Gasteiger charge is 2.29. The summed E-state index contributed by atoms with van der Waals surface area (Å²) in [6.07, 6.45) is 1.23. The second kappa shape index (κ2) is 10.2. The van der Waals surface area contributed by atoms with Crippen LogP contribution in [0.1, 0.15) is 5.56 Å². The number of hydrogen-bond donors (Lipinski definition) is 1. The van der Waals surface area contributed by atoms with Gasteiger partial charge in [-0.05, 0) is 31.3 Å². The predicted molar refractivity (Wildman–Crippen MR) is 112 cm³/mol. The second-order valence-electron chi connectivity index (χ2n) is 6.34. The molecule has 12 heteroatoms. The van der Waals surface area contributed by atoms with E-state index in [1.807, 2.05) is 0 Å². The van der Waals surface area contributed by atoms with Crippen LogP contribution in [-0.4, -0.2) is 33.2 Å². The lowest BCUT2D eigenvalue weighted by Crippen LogP contribution is -2.14. The van der Waals surface area contributed by atoms with Crippen LogP contribution in [-0.2, 0) is 16.6 Å². The van der Waals surface area contributed by atoms with E-state index >= 15 is 0 Å². The minimum absolute atomic E-state index is 0. The van der Waals surface area contributed by atoms with E-state index in [0.29, 0.717) is 11.6 Å². The Morgan fingerprint density at radius 3 is 2.44 bits per heavy atom. The summed E-state index contributed by atoms with van der Waals surface area (Å²) in [7, 11) is -1.50. The van der Waals surface area contributed by atoms with Crippen molar-refractivity contribution < 1.29 is 35.5 Å². The molecule has 0 aliphatic heterocycles. The number of halogens is 5. The quantitative estimate of drug-likeness (QED) is 0.469. The Kier molecular flexibility index (Phi) is 8.16. The molecule has 0 aliphatic rings. The van der Waals surface area contributed by atoms with Gasteiger partial charge in [-0.2, -0.15) is 8.78 Å². The Morgan fingerprint density at radius 2 is 1.84 bits per heavy atom. The molecule has 2 aromatic carbocycles. The van der Waals surface area contributed by atoms with Gasteiger partial charge in [-0.1, -0.05) is 6.07 Å². The van der Waals surface area contributed by atoms with Gasteiger partial charge < -0.3 is 14.8 Å². The van der Waals surface area contributed by atoms with Crippen LogP contribution in [0.2, 0.25) is 0 Å². The van der Waals surface area contributed by atoms with E-state index in [9.17, 15) is 26.0 Å². The van der Waals surface area contributed by atoms with Gasteiger partial charge in [0, 0.05) is 36.0 Å². The lowest BCUT2D eigenvalue weighted by molar-refractivity contribution is -0.0499. The zero-order chi connectivity index (χ0) is 22.8. The van der Waals surface area contributed by atoms with Crippen molar-refractivity contribution in [1.29, 1.82) is 0 Å². The van der Waals surface area contributed by atoms with Crippen LogP contribution < -0.4 is 14.8 Å². The van der Waals surface area contributed by atoms with Crippen LogP contribution in [0.25, 0.3) is 11.3 Å². The molecule has 1 heterocycles. The first-order chi connectivity index (χ1) is 14.7. The molecule has 32 heavy (non-hydrogen) atoms. The lowest BCUT2D eigenvalue weighted by Gasteiger charge is -2.14. The zero-order valence-electron chi connectivity index (χ0n) is 16.8. The first-order valence-electron chi connectivity index (χ1n) is 8.87. The largest absolute Gasteiger partial charge is 0.494 e. The minimum Gasteiger partial charge on any atom is -0.494 e. The number of aromatic nitrogens is 1. The molecule has 0 spiro atoms. The van der Waals surface area contributed by atoms with Crippen molar-refractivity contribution in [2.75, 3.05) is 14.2 Å². The Bertz CT molecular complexity index is 1200. The summed E-state index contributed by atoms with van der Waals surface area (Å²) in [6.45, 7) is -2.97. The van der Waals surface area contributed by atoms with E-state index in [-0.39, 0.29) is 46.6 Å². The van der Waals surface area contributed by atoms with E-state index in [1.165, 1.54) is 31.5 Å². The molecule has 3 aromatic rings. The van der Waals surface area contributed by atoms with Crippen molar-refractivity contribution in [3.63, 3.8) is 0 Å². The Balaban J connectivity index is 0.00000363. The number of alkyl halides is 2. The number of nitrogens with zero attached hydrogens (tertiary/aromatic N) is 1. The smallest absolute Gasteiger partial charge is 0.387 e. The van der Waals surface area contributed by atoms with Crippen molar-refractivity contribution in [3.8, 4) is 22.8 Å². The summed E-state index contributed by atoms with van der Waals surface area (Å²) in [6, 6.07) is 7.21. The molecule has 0 fully saturated rings. The van der Waals surface area contributed by atoms with Crippen molar-refractivity contribution >= 4 is 22.4 Å². The highest BCUT2D eigenvalue weighted by atomic mass is 35.5. The topological polar surface area (TPSA) is 69.6 Å². The van der Waals surface area contributed by atoms with Gasteiger partial charge in [0.25, 0.3) is 10.0 Å². The fourth-order valence-electron chi connectivity index (χ4n) is 3.10. The van der Waals surface area contributed by atoms with Gasteiger partial charge in [-0.25, -0.2) is 21.2 Å². The molecule has 0 aliphatic carbocycles. The van der Waals surface area contributed by atoms with Crippen LogP contribution >= 0.6 is 12.4 Å². The predicted octanol–water partition coefficient (Wildman–Crippen LogP) is 4.42. The van der Waals surface area contributed by atoms with Crippen LogP contribution in [0.15, 0.2) is 53.6 Å². The second-order valence-corrected chi connectivity index (χ2v) is 8.16. The van der Waals surface area contributed by atoms with E-state index < -0.39 is 28.3 Å². The molecule has 1 N–H and O–H groups in total. The number of ether oxygens (including phenoxy) is 2. The molecule has 0 amide bonds. The molecule has 0 saturated carbocycles. The standard InChI is InChI=1S/C20H18F4N2O4S.ClH/c1-25-10-12-11-26(18(19(12)29-2)16-7-6-13(21)8-17(16)22)31(27,28)15-5-3-4-14(9-15)30-20(23)24;/h3-9,11,20,25H,10H2,1-2H3;1H. The third-order valence-electron chi connectivity index (χ3n) is 4.35. The fraction of sp³-hybridized carbons (Fsp3) is 0.200. The first kappa shape index (κ1) is 25.5. The van der Waals surface area contributed by atoms with Gasteiger partial charge in [-0.15, -0.1) is 12.4 Å². The Labute approximate surface area is 188 Å². The third kappa shape index (κ3) is 5.00. The number of benzene rings is 2. The molecular weight excluding hydrogens is 476 g/mol. The maximum Gasteiger partial charge on any atom is 0.387 e. The lowest BCUT2D eigenvalue weighted by atomic mass is 10.1. The number of nitrogens with one attached hydrogen (secondary N) is 1. The molecule has 174 valence electrons. The molecule has 0 saturated heterocycles. The summed E-state index contributed by atoms with van der Waals surface area (Å²) in [4.78, 5) is -0.372. The van der Waals surface area contributed by atoms with E-state index in [1.54, 1.807) is 7.05 Å². The van der Waals surface area contributed by atoms with Gasteiger partial charge in [0.05, 0.1) is 12.0 Å². The summed E-state index contributed by atoms with van der Waals surface area (Å²) in [5, 5.41) is 2.85. The van der Waals surface area contributed by atoms with E-state index in [2.05, 4.69) is 10.1 Å². The fourth-order valence-corrected chi connectivity index (χ4v) is 4.53. The van der Waals surface area contributed by atoms with Crippen LogP contribution in [0.3, 0.4) is 0 Å². The molecule has 0 radical (unpaired) electrons. The normalized spacial score (nSPS) is 11.3. The molecule has 1 aromatic heterocycles. The number of methoxy groups -OCH3 is 1. The van der Waals surface area contributed by atoms with Gasteiger partial charge in [0.1, 0.15) is 28.8 Å². The van der Waals surface area contributed by atoms with E-state index in [0.717, 1.165) is 22.2 Å². The van der Waals surface area contributed by atoms with Gasteiger partial charge >= 0.3 is 6.61 Å². The number of rotatable bonds is 8. The zero-order valence-corrected chi connectivity index (χ0v) is 18.4. The van der Waals surface area contributed by atoms with Crippen molar-refractivity contribution in [1.82, 2.24) is 9.29 Å². The summed E-state index contributed by atoms with van der Waals surface area (Å²) in [5.41, 5.74) is -0.0121.